The Morgan fingerprint density at radius 1 is 1.33 bits per heavy atom. The number of rotatable bonds is 2. The highest BCUT2D eigenvalue weighted by Crippen LogP contribution is 2.24. The first-order valence-corrected chi connectivity index (χ1v) is 4.51. The van der Waals surface area contributed by atoms with Crippen LogP contribution < -0.4 is 5.73 Å². The van der Waals surface area contributed by atoms with E-state index in [2.05, 4.69) is 4.98 Å². The van der Waals surface area contributed by atoms with E-state index in [9.17, 15) is 4.79 Å². The second-order valence-electron chi connectivity index (χ2n) is 3.15. The Balaban J connectivity index is 2.58. The van der Waals surface area contributed by atoms with Crippen LogP contribution in [0.5, 0.6) is 0 Å². The number of nitrogens with two attached hydrogens (primary N) is 1. The lowest BCUT2D eigenvalue weighted by Gasteiger charge is -1.96. The van der Waals surface area contributed by atoms with Crippen LogP contribution in [0.25, 0.3) is 11.3 Å². The maximum absolute atomic E-state index is 11.3. The Labute approximate surface area is 86.7 Å². The van der Waals surface area contributed by atoms with E-state index in [0.717, 1.165) is 5.56 Å². The zero-order chi connectivity index (χ0) is 10.8. The number of nitrogens with zero attached hydrogens (tertiary/aromatic N) is 1. The summed E-state index contributed by atoms with van der Waals surface area (Å²) in [5.41, 5.74) is 6.75. The molecule has 1 aromatic heterocycles. The van der Waals surface area contributed by atoms with Crippen molar-refractivity contribution in [3.8, 4) is 11.3 Å². The molecule has 0 aliphatic heterocycles. The molecule has 2 N–H and O–H groups in total. The van der Waals surface area contributed by atoms with Gasteiger partial charge in [0.2, 0.25) is 0 Å². The molecule has 4 heteroatoms. The van der Waals surface area contributed by atoms with Crippen molar-refractivity contribution in [1.82, 2.24) is 4.98 Å². The van der Waals surface area contributed by atoms with Crippen LogP contribution in [0.4, 0.5) is 6.01 Å². The smallest absolute Gasteiger partial charge is 0.293 e. The van der Waals surface area contributed by atoms with Crippen LogP contribution in [-0.2, 0) is 0 Å². The number of carbonyl (C=O) groups excluding carboxylic acids is 1. The molecule has 2 rings (SSSR count). The van der Waals surface area contributed by atoms with Crippen molar-refractivity contribution in [1.29, 1.82) is 0 Å². The van der Waals surface area contributed by atoms with Gasteiger partial charge in [-0.3, -0.25) is 4.79 Å². The predicted octanol–water partition coefficient (Wildman–Crippen LogP) is 2.13. The lowest BCUT2D eigenvalue weighted by Crippen LogP contribution is -1.92. The van der Waals surface area contributed by atoms with E-state index in [4.69, 9.17) is 10.2 Å². The third-order valence-electron chi connectivity index (χ3n) is 2.01. The van der Waals surface area contributed by atoms with Crippen molar-refractivity contribution in [3.63, 3.8) is 0 Å². The van der Waals surface area contributed by atoms with Crippen molar-refractivity contribution in [2.45, 2.75) is 6.92 Å². The number of Topliss-reactive ketones (excluding diaryl/α,β-unsaturated/α-hetero) is 1. The molecule has 4 nitrogen and oxygen atoms in total. The molecule has 0 atom stereocenters. The van der Waals surface area contributed by atoms with Gasteiger partial charge in [-0.1, -0.05) is 30.3 Å². The van der Waals surface area contributed by atoms with E-state index in [1.165, 1.54) is 6.92 Å². The number of hydrogen-bond acceptors (Lipinski definition) is 4. The molecule has 0 saturated carbocycles. The van der Waals surface area contributed by atoms with Gasteiger partial charge in [-0.15, -0.1) is 0 Å². The molecular weight excluding hydrogens is 192 g/mol. The summed E-state index contributed by atoms with van der Waals surface area (Å²) in [7, 11) is 0. The first-order chi connectivity index (χ1) is 7.18. The van der Waals surface area contributed by atoms with E-state index >= 15 is 0 Å². The predicted molar refractivity (Wildman–Crippen MR) is 56.4 cm³/mol. The molecule has 15 heavy (non-hydrogen) atoms. The molecule has 0 aliphatic rings. The molecule has 0 saturated heterocycles. The third-order valence-corrected chi connectivity index (χ3v) is 2.01. The van der Waals surface area contributed by atoms with Crippen LogP contribution in [0.15, 0.2) is 34.7 Å². The van der Waals surface area contributed by atoms with Gasteiger partial charge in [0.05, 0.1) is 0 Å². The molecule has 0 radical (unpaired) electrons. The number of carbonyl (C=O) groups is 1. The second kappa shape index (κ2) is 3.57. The average Bonchev–Trinajstić information content (AvgIpc) is 2.62. The van der Waals surface area contributed by atoms with E-state index < -0.39 is 0 Å². The molecule has 1 heterocycles. The second-order valence-corrected chi connectivity index (χ2v) is 3.15. The van der Waals surface area contributed by atoms with Crippen molar-refractivity contribution in [2.24, 2.45) is 0 Å². The van der Waals surface area contributed by atoms with Crippen LogP contribution in [-0.4, -0.2) is 10.8 Å². The number of oxazole rings is 1. The molecule has 0 spiro atoms. The number of anilines is 1. The fourth-order valence-corrected chi connectivity index (χ4v) is 1.37. The van der Waals surface area contributed by atoms with Crippen LogP contribution in [0.3, 0.4) is 0 Å². The molecule has 1 aromatic carbocycles. The molecule has 0 bridgehead atoms. The van der Waals surface area contributed by atoms with Crippen molar-refractivity contribution >= 4 is 11.8 Å². The highest BCUT2D eigenvalue weighted by molar-refractivity contribution is 5.97. The molecule has 2 aromatic rings. The lowest BCUT2D eigenvalue weighted by atomic mass is 10.1. The maximum atomic E-state index is 11.3. The van der Waals surface area contributed by atoms with Gasteiger partial charge in [0.15, 0.2) is 11.5 Å². The number of aromatic nitrogens is 1. The summed E-state index contributed by atoms with van der Waals surface area (Å²) >= 11 is 0. The van der Waals surface area contributed by atoms with Gasteiger partial charge in [0.1, 0.15) is 5.69 Å². The van der Waals surface area contributed by atoms with Gasteiger partial charge in [-0.05, 0) is 0 Å². The van der Waals surface area contributed by atoms with Crippen molar-refractivity contribution in [2.75, 3.05) is 5.73 Å². The Bertz CT molecular complexity index is 489. The molecule has 0 unspecified atom stereocenters. The topological polar surface area (TPSA) is 69.1 Å². The summed E-state index contributed by atoms with van der Waals surface area (Å²) in [4.78, 5) is 15.3. The Morgan fingerprint density at radius 3 is 2.60 bits per heavy atom. The van der Waals surface area contributed by atoms with Crippen molar-refractivity contribution < 1.29 is 9.21 Å². The van der Waals surface area contributed by atoms with Crippen LogP contribution in [0, 0.1) is 0 Å². The minimum atomic E-state index is -0.182. The standard InChI is InChI=1S/C11H10N2O2/c1-7(14)10-9(13-11(12)15-10)8-5-3-2-4-6-8/h2-6H,1H3,(H2,12,13). The normalized spacial score (nSPS) is 10.2. The van der Waals surface area contributed by atoms with E-state index in [1.54, 1.807) is 0 Å². The quantitative estimate of drug-likeness (QED) is 0.757. The Kier molecular flexibility index (Phi) is 2.25. The molecule has 0 fully saturated rings. The van der Waals surface area contributed by atoms with Gasteiger partial charge in [0.25, 0.3) is 6.01 Å². The molecule has 0 amide bonds. The summed E-state index contributed by atoms with van der Waals surface area (Å²) in [6.45, 7) is 1.42. The summed E-state index contributed by atoms with van der Waals surface area (Å²) in [6, 6.07) is 9.33. The van der Waals surface area contributed by atoms with Gasteiger partial charge in [-0.2, -0.15) is 4.98 Å². The van der Waals surface area contributed by atoms with Crippen LogP contribution >= 0.6 is 0 Å². The Hall–Kier alpha value is -2.10. The summed E-state index contributed by atoms with van der Waals surface area (Å²) in [6.07, 6.45) is 0. The van der Waals surface area contributed by atoms with E-state index in [-0.39, 0.29) is 17.6 Å². The minimum Gasteiger partial charge on any atom is -0.420 e. The van der Waals surface area contributed by atoms with Crippen LogP contribution in [0.1, 0.15) is 17.5 Å². The number of hydrogen-bond donors (Lipinski definition) is 1. The van der Waals surface area contributed by atoms with E-state index in [1.807, 2.05) is 30.3 Å². The zero-order valence-electron chi connectivity index (χ0n) is 8.23. The van der Waals surface area contributed by atoms with Gasteiger partial charge in [-0.25, -0.2) is 0 Å². The molecular formula is C11H10N2O2. The minimum absolute atomic E-state index is 0.0130. The van der Waals surface area contributed by atoms with E-state index in [0.29, 0.717) is 5.69 Å². The number of benzene rings is 1. The first kappa shape index (κ1) is 9.45. The fraction of sp³-hybridized carbons (Fsp3) is 0.0909. The largest absolute Gasteiger partial charge is 0.420 e. The summed E-state index contributed by atoms with van der Waals surface area (Å²) in [5.74, 6) is 0.0248. The third kappa shape index (κ3) is 1.74. The maximum Gasteiger partial charge on any atom is 0.293 e. The monoisotopic (exact) mass is 202 g/mol. The summed E-state index contributed by atoms with van der Waals surface area (Å²) in [5, 5.41) is 0. The lowest BCUT2D eigenvalue weighted by molar-refractivity contribution is 0.0989. The number of ketones is 1. The average molecular weight is 202 g/mol. The van der Waals surface area contributed by atoms with Gasteiger partial charge >= 0.3 is 0 Å². The van der Waals surface area contributed by atoms with Gasteiger partial charge < -0.3 is 10.2 Å². The number of nitrogen functional groups attached to an aromatic ring is 1. The SMILES string of the molecule is CC(=O)c1oc(N)nc1-c1ccccc1. The fourth-order valence-electron chi connectivity index (χ4n) is 1.37. The zero-order valence-corrected chi connectivity index (χ0v) is 8.23. The van der Waals surface area contributed by atoms with Gasteiger partial charge in [0, 0.05) is 12.5 Å². The first-order valence-electron chi connectivity index (χ1n) is 4.51. The highest BCUT2D eigenvalue weighted by Gasteiger charge is 2.16. The molecule has 76 valence electrons. The molecule has 0 aliphatic carbocycles. The summed E-state index contributed by atoms with van der Waals surface area (Å²) < 4.78 is 5.05. The van der Waals surface area contributed by atoms with Crippen molar-refractivity contribution in [3.05, 3.63) is 36.1 Å². The Morgan fingerprint density at radius 2 is 2.00 bits per heavy atom. The highest BCUT2D eigenvalue weighted by atomic mass is 16.4. The van der Waals surface area contributed by atoms with Crippen LogP contribution in [0.2, 0.25) is 0 Å².